The molecular formula is C98H76N8. The fourth-order valence-electron chi connectivity index (χ4n) is 23.2. The van der Waals surface area contributed by atoms with Crippen molar-refractivity contribution in [1.82, 2.24) is 39.0 Å². The highest BCUT2D eigenvalue weighted by Gasteiger charge is 2.63. The van der Waals surface area contributed by atoms with E-state index in [-0.39, 0.29) is 10.8 Å². The molecule has 8 saturated carbocycles. The second kappa shape index (κ2) is 23.4. The molecule has 10 aliphatic carbocycles. The lowest BCUT2D eigenvalue weighted by molar-refractivity contribution is -0.0399. The summed E-state index contributed by atoms with van der Waals surface area (Å²) in [6.07, 6.45) is 13.8. The molecule has 0 atom stereocenters. The molecule has 0 N–H and O–H groups in total. The van der Waals surface area contributed by atoms with Gasteiger partial charge < -0.3 is 0 Å². The van der Waals surface area contributed by atoms with Crippen molar-refractivity contribution in [2.45, 2.75) is 75.0 Å². The van der Waals surface area contributed by atoms with Gasteiger partial charge in [-0.3, -0.25) is 9.13 Å². The van der Waals surface area contributed by atoms with Crippen molar-refractivity contribution in [2.24, 2.45) is 47.3 Å². The van der Waals surface area contributed by atoms with Crippen LogP contribution in [0, 0.1) is 47.3 Å². The molecule has 8 bridgehead atoms. The molecule has 8 nitrogen and oxygen atoms in total. The smallest absolute Gasteiger partial charge is 0.238 e. The number of fused-ring (bicyclic) bond motifs is 13. The largest absolute Gasteiger partial charge is 0.278 e. The lowest BCUT2D eigenvalue weighted by atomic mass is 9.43. The van der Waals surface area contributed by atoms with Crippen LogP contribution in [-0.2, 0) is 10.8 Å². The zero-order valence-electron chi connectivity index (χ0n) is 59.0. The fraction of sp³-hybridized carbons (Fsp3) is 0.204. The summed E-state index contributed by atoms with van der Waals surface area (Å²) >= 11 is 0. The third kappa shape index (κ3) is 8.93. The summed E-state index contributed by atoms with van der Waals surface area (Å²) in [5.74, 6) is 10.4. The molecule has 2 spiro atoms. The van der Waals surface area contributed by atoms with Crippen molar-refractivity contribution in [3.63, 3.8) is 0 Å². The van der Waals surface area contributed by atoms with Crippen LogP contribution in [0.15, 0.2) is 291 Å². The molecular weight excluding hydrogens is 1290 g/mol. The first-order chi connectivity index (χ1) is 52.5. The van der Waals surface area contributed by atoms with Crippen LogP contribution in [-0.4, -0.2) is 39.0 Å². The van der Waals surface area contributed by atoms with Gasteiger partial charge in [0.05, 0.1) is 22.1 Å². The minimum atomic E-state index is 0.0782. The average molecular weight is 1370 g/mol. The first-order valence-electron chi connectivity index (χ1n) is 38.8. The molecule has 106 heavy (non-hydrogen) atoms. The molecule has 8 heteroatoms. The van der Waals surface area contributed by atoms with E-state index in [0.29, 0.717) is 58.9 Å². The van der Waals surface area contributed by atoms with E-state index in [0.717, 1.165) is 57.0 Å². The third-order valence-electron chi connectivity index (χ3n) is 26.9. The summed E-state index contributed by atoms with van der Waals surface area (Å²) in [5, 5.41) is 4.96. The first kappa shape index (κ1) is 60.7. The van der Waals surface area contributed by atoms with Crippen molar-refractivity contribution in [3.8, 4) is 102 Å². The van der Waals surface area contributed by atoms with Crippen LogP contribution in [0.2, 0.25) is 0 Å². The SMILES string of the molecule is c1ccc(-c2ccc(-c3nc(-c4ccccc4)nc(-n4c5ccccc5c5cc6c(cc54)C4(c5ccccc5-6)C5CC6CC(C5)CC4C6)n3)cc2)cc1.c1ccc(-c2ccc(-c3nc(-c4ccccc4)nc(-n4c5ccccc5c5ccc6c(c54)-c4ccccc4C64C5CC6CC(C5)CC4C6)n3)cc2)cc1. The van der Waals surface area contributed by atoms with Gasteiger partial charge in [0, 0.05) is 60.2 Å². The fourth-order valence-corrected chi connectivity index (χ4v) is 23.2. The van der Waals surface area contributed by atoms with Crippen molar-refractivity contribution in [1.29, 1.82) is 0 Å². The number of para-hydroxylation sites is 2. The highest BCUT2D eigenvalue weighted by atomic mass is 15.2. The molecule has 0 amide bonds. The summed E-state index contributed by atoms with van der Waals surface area (Å²) in [4.78, 5) is 31.6. The zero-order chi connectivity index (χ0) is 69.3. The van der Waals surface area contributed by atoms with Gasteiger partial charge in [-0.2, -0.15) is 19.9 Å². The molecule has 0 aliphatic heterocycles. The van der Waals surface area contributed by atoms with Gasteiger partial charge in [-0.25, -0.2) is 9.97 Å². The number of nitrogens with zero attached hydrogens (tertiary/aromatic N) is 8. The van der Waals surface area contributed by atoms with Crippen molar-refractivity contribution < 1.29 is 0 Å². The standard InChI is InChI=1S/2C49H38N4/c1-3-11-32(12-4-1)33-19-21-35(22-20-33)47-50-46(34-13-5-2-6-14-34)51-48(52-47)53-43-18-10-8-15-38(43)39-23-24-42-44(45(39)53)40-16-7-9-17-41(40)49(42)36-26-30-25-31(28-36)29-37(49)27-30;1-3-11-32(12-4-1)33-19-21-35(22-20-33)47-50-46(34-13-5-2-6-14-34)51-48(52-47)53-44-18-10-8-16-39(44)41-28-40-38-15-7-9-17-42(38)49(43(40)29-45(41)53)36-24-30-23-31(26-36)27-37(49)25-30/h1-24,30-31,36-37H,25-29H2;1-22,28-31,36-37H,23-27H2. The second-order valence-electron chi connectivity index (χ2n) is 32.1. The second-order valence-corrected chi connectivity index (χ2v) is 32.1. The van der Waals surface area contributed by atoms with Crippen LogP contribution in [0.5, 0.6) is 0 Å². The highest BCUT2D eigenvalue weighted by Crippen LogP contribution is 2.72. The molecule has 4 aromatic heterocycles. The number of rotatable bonds is 8. The highest BCUT2D eigenvalue weighted by molar-refractivity contribution is 6.16. The third-order valence-corrected chi connectivity index (χ3v) is 26.9. The minimum absolute atomic E-state index is 0.0782. The van der Waals surface area contributed by atoms with Gasteiger partial charge in [0.25, 0.3) is 0 Å². The predicted octanol–water partition coefficient (Wildman–Crippen LogP) is 23.4. The van der Waals surface area contributed by atoms with Crippen molar-refractivity contribution >= 4 is 43.6 Å². The van der Waals surface area contributed by atoms with E-state index in [1.54, 1.807) is 11.1 Å². The van der Waals surface area contributed by atoms with Gasteiger partial charge in [0.1, 0.15) is 0 Å². The minimum Gasteiger partial charge on any atom is -0.278 e. The number of benzene rings is 12. The Hall–Kier alpha value is -11.7. The molecule has 0 saturated heterocycles. The van der Waals surface area contributed by atoms with E-state index in [1.165, 1.54) is 152 Å². The number of hydrogen-bond acceptors (Lipinski definition) is 6. The van der Waals surface area contributed by atoms with Crippen LogP contribution >= 0.6 is 0 Å². The summed E-state index contributed by atoms with van der Waals surface area (Å²) in [6.45, 7) is 0. The topological polar surface area (TPSA) is 87.2 Å². The van der Waals surface area contributed by atoms with Crippen LogP contribution in [0.25, 0.3) is 146 Å². The van der Waals surface area contributed by atoms with Crippen LogP contribution in [0.4, 0.5) is 0 Å². The Kier molecular flexibility index (Phi) is 13.4. The monoisotopic (exact) mass is 1360 g/mol. The Morgan fingerprint density at radius 1 is 0.236 bits per heavy atom. The molecule has 26 rings (SSSR count). The van der Waals surface area contributed by atoms with E-state index in [1.807, 2.05) is 12.1 Å². The first-order valence-corrected chi connectivity index (χ1v) is 38.8. The van der Waals surface area contributed by atoms with Crippen molar-refractivity contribution in [2.75, 3.05) is 0 Å². The molecule has 16 aromatic rings. The predicted molar refractivity (Wildman–Crippen MR) is 427 cm³/mol. The Bertz CT molecular complexity index is 6110. The molecule has 0 unspecified atom stereocenters. The van der Waals surface area contributed by atoms with Crippen LogP contribution in [0.1, 0.15) is 86.5 Å². The zero-order valence-corrected chi connectivity index (χ0v) is 59.0. The van der Waals surface area contributed by atoms with E-state index in [9.17, 15) is 0 Å². The van der Waals surface area contributed by atoms with Crippen molar-refractivity contribution in [3.05, 3.63) is 313 Å². The lowest BCUT2D eigenvalue weighted by Crippen LogP contribution is -2.55. The Labute approximate surface area is 616 Å². The maximum Gasteiger partial charge on any atom is 0.238 e. The maximum absolute atomic E-state index is 5.37. The summed E-state index contributed by atoms with van der Waals surface area (Å²) in [6, 6.07) is 105. The lowest BCUT2D eigenvalue weighted by Gasteiger charge is -2.61. The van der Waals surface area contributed by atoms with Gasteiger partial charge >= 0.3 is 0 Å². The van der Waals surface area contributed by atoms with E-state index in [2.05, 4.69) is 288 Å². The molecule has 0 radical (unpaired) electrons. The number of hydrogen-bond donors (Lipinski definition) is 0. The molecule has 10 aliphatic rings. The molecule has 4 heterocycles. The number of aromatic nitrogens is 8. The molecule has 12 aromatic carbocycles. The normalized spacial score (nSPS) is 23.5. The summed E-state index contributed by atoms with van der Waals surface area (Å²) < 4.78 is 4.69. The van der Waals surface area contributed by atoms with Crippen LogP contribution < -0.4 is 0 Å². The maximum atomic E-state index is 5.37. The van der Waals surface area contributed by atoms with Gasteiger partial charge in [0.2, 0.25) is 11.9 Å². The Balaban J connectivity index is 0.000000129. The van der Waals surface area contributed by atoms with E-state index >= 15 is 0 Å². The Morgan fingerprint density at radius 3 is 1.08 bits per heavy atom. The summed E-state index contributed by atoms with van der Waals surface area (Å²) in [7, 11) is 0. The molecule has 508 valence electrons. The molecule has 8 fully saturated rings. The van der Waals surface area contributed by atoms with Gasteiger partial charge in [-0.1, -0.05) is 267 Å². The quantitative estimate of drug-likeness (QED) is 0.151. The Morgan fingerprint density at radius 2 is 0.594 bits per heavy atom. The van der Waals surface area contributed by atoms with Crippen LogP contribution in [0.3, 0.4) is 0 Å². The summed E-state index contributed by atoms with van der Waals surface area (Å²) in [5.41, 5.74) is 25.3. The van der Waals surface area contributed by atoms with Gasteiger partial charge in [-0.15, -0.1) is 0 Å². The van der Waals surface area contributed by atoms with Gasteiger partial charge in [0.15, 0.2) is 23.3 Å². The average Bonchev–Trinajstić information content (AvgIpc) is 1.49. The van der Waals surface area contributed by atoms with Gasteiger partial charge in [-0.05, 0) is 197 Å². The van der Waals surface area contributed by atoms with E-state index in [4.69, 9.17) is 29.9 Å². The van der Waals surface area contributed by atoms with E-state index < -0.39 is 0 Å².